The van der Waals surface area contributed by atoms with Crippen LogP contribution in [-0.2, 0) is 0 Å². The highest BCUT2D eigenvalue weighted by molar-refractivity contribution is 5.74. The highest BCUT2D eigenvalue weighted by Gasteiger charge is 2.30. The Morgan fingerprint density at radius 2 is 1.17 bits per heavy atom. The van der Waals surface area contributed by atoms with Crippen molar-refractivity contribution in [3.63, 3.8) is 0 Å². The molecule has 0 aliphatic carbocycles. The van der Waals surface area contributed by atoms with Crippen molar-refractivity contribution in [1.29, 1.82) is 0 Å². The Balaban J connectivity index is 1.85. The lowest BCUT2D eigenvalue weighted by atomic mass is 9.98. The first kappa shape index (κ1) is 21.7. The molecule has 0 aromatic heterocycles. The van der Waals surface area contributed by atoms with Gasteiger partial charge in [0.05, 0.1) is 0 Å². The summed E-state index contributed by atoms with van der Waals surface area (Å²) in [5.41, 5.74) is 4.63. The lowest BCUT2D eigenvalue weighted by Gasteiger charge is -2.43. The number of rotatable bonds is 4. The zero-order valence-electron chi connectivity index (χ0n) is 18.6. The summed E-state index contributed by atoms with van der Waals surface area (Å²) in [6, 6.07) is 23.6. The van der Waals surface area contributed by atoms with Crippen LogP contribution >= 0.6 is 0 Å². The third kappa shape index (κ3) is 4.77. The van der Waals surface area contributed by atoms with Crippen LogP contribution in [0.4, 0.5) is 11.4 Å². The van der Waals surface area contributed by atoms with Crippen molar-refractivity contribution in [2.45, 2.75) is 52.6 Å². The molecule has 0 fully saturated rings. The van der Waals surface area contributed by atoms with Gasteiger partial charge in [0.15, 0.2) is 0 Å². The zero-order chi connectivity index (χ0) is 22.1. The Morgan fingerprint density at radius 1 is 0.700 bits per heavy atom. The van der Waals surface area contributed by atoms with Crippen LogP contribution < -0.4 is 5.06 Å². The summed E-state index contributed by atoms with van der Waals surface area (Å²) < 4.78 is 1.03. The molecule has 0 bridgehead atoms. The summed E-state index contributed by atoms with van der Waals surface area (Å²) in [5, 5.41) is 13.4. The van der Waals surface area contributed by atoms with Crippen molar-refractivity contribution >= 4 is 11.4 Å². The molecule has 4 nitrogen and oxygen atoms in total. The molecule has 0 atom stereocenters. The third-order valence-corrected chi connectivity index (χ3v) is 4.95. The van der Waals surface area contributed by atoms with Crippen LogP contribution in [0.2, 0.25) is 0 Å². The molecule has 0 saturated carbocycles. The van der Waals surface area contributed by atoms with Gasteiger partial charge in [0.25, 0.3) is 5.69 Å². The first-order chi connectivity index (χ1) is 14.0. The van der Waals surface area contributed by atoms with Crippen LogP contribution in [0.1, 0.15) is 41.5 Å². The Kier molecular flexibility index (Phi) is 5.82. The fourth-order valence-electron chi connectivity index (χ4n) is 3.23. The van der Waals surface area contributed by atoms with E-state index in [-0.39, 0.29) is 0 Å². The van der Waals surface area contributed by atoms with Gasteiger partial charge in [-0.3, -0.25) is 0 Å². The van der Waals surface area contributed by atoms with E-state index in [0.717, 1.165) is 32.1 Å². The number of hydroxylamine groups is 1. The van der Waals surface area contributed by atoms with Crippen LogP contribution in [0.25, 0.3) is 22.3 Å². The smallest absolute Gasteiger partial charge is 0.256 e. The van der Waals surface area contributed by atoms with E-state index in [1.807, 2.05) is 96.1 Å². The Bertz CT molecular complexity index is 1020. The maximum Gasteiger partial charge on any atom is 0.256 e. The molecule has 0 saturated heterocycles. The maximum atomic E-state index is 12.4. The fraction of sp³-hybridized carbons (Fsp3) is 0.308. The summed E-state index contributed by atoms with van der Waals surface area (Å²) >= 11 is 0. The number of hydrogen-bond acceptors (Lipinski definition) is 3. The molecular formula is C26H30N2O2. The van der Waals surface area contributed by atoms with Crippen molar-refractivity contribution in [2.75, 3.05) is 5.06 Å². The summed E-state index contributed by atoms with van der Waals surface area (Å²) in [6.07, 6.45) is 0. The van der Waals surface area contributed by atoms with Gasteiger partial charge >= 0.3 is 0 Å². The molecule has 3 rings (SSSR count). The van der Waals surface area contributed by atoms with Crippen molar-refractivity contribution in [2.24, 2.45) is 0 Å². The average molecular weight is 403 g/mol. The number of anilines is 1. The monoisotopic (exact) mass is 402 g/mol. The normalized spacial score (nSPS) is 12.0. The fourth-order valence-corrected chi connectivity index (χ4v) is 3.23. The molecule has 3 aromatic carbocycles. The van der Waals surface area contributed by atoms with Gasteiger partial charge in [0.2, 0.25) is 5.54 Å². The predicted octanol–water partition coefficient (Wildman–Crippen LogP) is 7.33. The highest BCUT2D eigenvalue weighted by Crippen LogP contribution is 2.30. The predicted molar refractivity (Wildman–Crippen MR) is 126 cm³/mol. The van der Waals surface area contributed by atoms with E-state index >= 15 is 0 Å². The van der Waals surface area contributed by atoms with E-state index < -0.39 is 11.1 Å². The Labute approximate surface area is 179 Å². The minimum atomic E-state index is -0.472. The summed E-state index contributed by atoms with van der Waals surface area (Å²) in [5.74, 6) is 0. The van der Waals surface area contributed by atoms with Crippen LogP contribution in [0.5, 0.6) is 0 Å². The summed E-state index contributed by atoms with van der Waals surface area (Å²) in [6.45, 7) is 11.4. The van der Waals surface area contributed by atoms with Gasteiger partial charge in [0, 0.05) is 53.8 Å². The van der Waals surface area contributed by atoms with Crippen LogP contribution in [0.3, 0.4) is 0 Å². The molecule has 4 heteroatoms. The SMILES string of the molecule is CC(C)(C)N([O-])c1ccc(-c2cccc(-c3ccc([N+](=O)C(C)(C)C)cc3)c2)cc1. The average Bonchev–Trinajstić information content (AvgIpc) is 2.71. The molecule has 0 heterocycles. The quantitative estimate of drug-likeness (QED) is 0.339. The van der Waals surface area contributed by atoms with Gasteiger partial charge in [-0.25, -0.2) is 0 Å². The lowest BCUT2D eigenvalue weighted by molar-refractivity contribution is -0.540. The number of benzene rings is 3. The summed E-state index contributed by atoms with van der Waals surface area (Å²) in [4.78, 5) is 12.4. The Hall–Kier alpha value is -2.98. The van der Waals surface area contributed by atoms with Crippen molar-refractivity contribution in [1.82, 2.24) is 0 Å². The molecule has 0 N–H and O–H groups in total. The highest BCUT2D eigenvalue weighted by atomic mass is 16.5. The van der Waals surface area contributed by atoms with Crippen LogP contribution in [0, 0.1) is 10.1 Å². The van der Waals surface area contributed by atoms with Gasteiger partial charge in [-0.2, -0.15) is 0 Å². The van der Waals surface area contributed by atoms with E-state index in [1.54, 1.807) is 0 Å². The van der Waals surface area contributed by atoms with E-state index in [4.69, 9.17) is 0 Å². The largest absolute Gasteiger partial charge is 0.758 e. The molecule has 0 amide bonds. The molecule has 30 heavy (non-hydrogen) atoms. The first-order valence-corrected chi connectivity index (χ1v) is 10.2. The van der Waals surface area contributed by atoms with Crippen LogP contribution in [0.15, 0.2) is 72.8 Å². The second-order valence-corrected chi connectivity index (χ2v) is 9.60. The molecule has 156 valence electrons. The second-order valence-electron chi connectivity index (χ2n) is 9.60. The first-order valence-electron chi connectivity index (χ1n) is 10.2. The van der Waals surface area contributed by atoms with E-state index in [9.17, 15) is 10.1 Å². The van der Waals surface area contributed by atoms with E-state index in [2.05, 4.69) is 18.2 Å². The molecule has 0 spiro atoms. The van der Waals surface area contributed by atoms with Crippen molar-refractivity contribution in [3.05, 3.63) is 82.9 Å². The maximum absolute atomic E-state index is 12.4. The number of nitroso groups, excluding NO2 is 1. The Morgan fingerprint density at radius 3 is 1.60 bits per heavy atom. The molecular weight excluding hydrogens is 372 g/mol. The minimum Gasteiger partial charge on any atom is -0.758 e. The van der Waals surface area contributed by atoms with Crippen molar-refractivity contribution < 1.29 is 4.76 Å². The minimum absolute atomic E-state index is 0.472. The van der Waals surface area contributed by atoms with Gasteiger partial charge < -0.3 is 10.3 Å². The molecule has 0 unspecified atom stereocenters. The second kappa shape index (κ2) is 8.04. The molecule has 3 aromatic rings. The standard InChI is InChI=1S/C26H30N2O2/c1-25(2,3)27(29)23-14-10-19(11-15-23)21-8-7-9-22(18-21)20-12-16-24(17-13-20)28(30)26(4,5)6/h7-18H,1-6H3. The van der Waals surface area contributed by atoms with Gasteiger partial charge in [0.1, 0.15) is 0 Å². The van der Waals surface area contributed by atoms with Gasteiger partial charge in [-0.05, 0) is 73.4 Å². The van der Waals surface area contributed by atoms with E-state index in [1.165, 1.54) is 0 Å². The molecule has 0 radical (unpaired) electrons. The zero-order valence-corrected chi connectivity index (χ0v) is 18.6. The summed E-state index contributed by atoms with van der Waals surface area (Å²) in [7, 11) is 0. The van der Waals surface area contributed by atoms with Gasteiger partial charge in [-0.1, -0.05) is 30.3 Å². The van der Waals surface area contributed by atoms with Gasteiger partial charge in [-0.15, -0.1) is 0 Å². The van der Waals surface area contributed by atoms with Crippen molar-refractivity contribution in [3.8, 4) is 22.3 Å². The van der Waals surface area contributed by atoms with E-state index in [0.29, 0.717) is 11.4 Å². The van der Waals surface area contributed by atoms with Crippen LogP contribution in [-0.4, -0.2) is 15.8 Å². The molecule has 0 aliphatic heterocycles. The number of nitrogens with zero attached hydrogens (tertiary/aromatic N) is 2. The topological polar surface area (TPSA) is 46.4 Å². The number of hydrogen-bond donors (Lipinski definition) is 0. The lowest BCUT2D eigenvalue weighted by Crippen LogP contribution is -2.36. The molecule has 0 aliphatic rings. The third-order valence-electron chi connectivity index (χ3n) is 4.95.